The Morgan fingerprint density at radius 2 is 1.31 bits per heavy atom. The first-order chi connectivity index (χ1) is 7.68. The monoisotopic (exact) mass is 226 g/mol. The maximum atomic E-state index is 2.45. The van der Waals surface area contributed by atoms with Gasteiger partial charge in [-0.05, 0) is 12.8 Å². The number of unbranched alkanes of at least 4 members (excludes halogenated alkanes) is 4. The molecule has 2 heteroatoms. The number of nitrogens with zero attached hydrogens (tertiary/aromatic N) is 2. The Hall–Kier alpha value is -0.0800. The van der Waals surface area contributed by atoms with Crippen molar-refractivity contribution in [1.29, 1.82) is 0 Å². The quantitative estimate of drug-likeness (QED) is 0.481. The van der Waals surface area contributed by atoms with Gasteiger partial charge in [0.25, 0.3) is 0 Å². The van der Waals surface area contributed by atoms with Gasteiger partial charge in [0.2, 0.25) is 0 Å². The molecular weight excluding hydrogens is 196 g/mol. The minimum Gasteiger partial charge on any atom is -0.312 e. The Kier molecular flexibility index (Phi) is 3.91. The van der Waals surface area contributed by atoms with Crippen molar-refractivity contribution in [2.75, 3.05) is 52.9 Å². The second-order valence-corrected chi connectivity index (χ2v) is 6.44. The molecule has 0 aliphatic carbocycles. The maximum absolute atomic E-state index is 2.45. The van der Waals surface area contributed by atoms with E-state index in [9.17, 15) is 0 Å². The SMILES string of the molecule is CCCCCCC[N+]12CC[N+](C)(CC1)CC2. The molecular formula is C14H30N2+2. The Labute approximate surface area is 101 Å². The molecule has 0 aromatic heterocycles. The first-order valence-electron chi connectivity index (χ1n) is 7.37. The van der Waals surface area contributed by atoms with Crippen molar-refractivity contribution in [3.63, 3.8) is 0 Å². The van der Waals surface area contributed by atoms with Gasteiger partial charge in [-0.2, -0.15) is 0 Å². The first kappa shape index (κ1) is 12.4. The molecule has 94 valence electrons. The topological polar surface area (TPSA) is 0 Å². The molecule has 2 nitrogen and oxygen atoms in total. The van der Waals surface area contributed by atoms with Crippen LogP contribution in [0.2, 0.25) is 0 Å². The lowest BCUT2D eigenvalue weighted by Crippen LogP contribution is -2.73. The van der Waals surface area contributed by atoms with E-state index in [-0.39, 0.29) is 0 Å². The lowest BCUT2D eigenvalue weighted by atomic mass is 10.1. The van der Waals surface area contributed by atoms with Crippen molar-refractivity contribution >= 4 is 0 Å². The van der Waals surface area contributed by atoms with Crippen LogP contribution in [0.1, 0.15) is 39.0 Å². The van der Waals surface area contributed by atoms with E-state index in [0.29, 0.717) is 0 Å². The second kappa shape index (κ2) is 5.05. The summed E-state index contributed by atoms with van der Waals surface area (Å²) < 4.78 is 2.84. The number of quaternary nitrogens is 2. The summed E-state index contributed by atoms with van der Waals surface area (Å²) in [5, 5.41) is 0. The van der Waals surface area contributed by atoms with Crippen LogP contribution in [0, 0.1) is 0 Å². The summed E-state index contributed by atoms with van der Waals surface area (Å²) in [4.78, 5) is 0. The molecule has 0 aromatic carbocycles. The first-order valence-corrected chi connectivity index (χ1v) is 7.37. The van der Waals surface area contributed by atoms with Crippen LogP contribution in [0.15, 0.2) is 0 Å². The molecule has 3 heterocycles. The van der Waals surface area contributed by atoms with Gasteiger partial charge in [0.1, 0.15) is 39.3 Å². The fraction of sp³-hybridized carbons (Fsp3) is 1.00. The summed E-state index contributed by atoms with van der Waals surface area (Å²) in [6, 6.07) is 0. The molecule has 0 atom stereocenters. The smallest absolute Gasteiger partial charge is 0.129 e. The van der Waals surface area contributed by atoms with Crippen molar-refractivity contribution < 1.29 is 8.97 Å². The highest BCUT2D eigenvalue weighted by molar-refractivity contribution is 4.60. The number of piperazine rings is 3. The van der Waals surface area contributed by atoms with E-state index in [0.717, 1.165) is 0 Å². The Morgan fingerprint density at radius 3 is 1.88 bits per heavy atom. The van der Waals surface area contributed by atoms with Gasteiger partial charge in [0, 0.05) is 0 Å². The van der Waals surface area contributed by atoms with Crippen LogP contribution in [-0.4, -0.2) is 61.8 Å². The van der Waals surface area contributed by atoms with E-state index in [2.05, 4.69) is 14.0 Å². The maximum Gasteiger partial charge on any atom is 0.129 e. The molecule has 0 N–H and O–H groups in total. The van der Waals surface area contributed by atoms with Gasteiger partial charge >= 0.3 is 0 Å². The second-order valence-electron chi connectivity index (χ2n) is 6.44. The van der Waals surface area contributed by atoms with Gasteiger partial charge in [0.15, 0.2) is 0 Å². The van der Waals surface area contributed by atoms with Gasteiger partial charge in [-0.1, -0.05) is 26.2 Å². The normalized spacial score (nSPS) is 37.9. The van der Waals surface area contributed by atoms with Crippen LogP contribution in [0.4, 0.5) is 0 Å². The average molecular weight is 226 g/mol. The van der Waals surface area contributed by atoms with E-state index in [1.165, 1.54) is 86.9 Å². The largest absolute Gasteiger partial charge is 0.312 e. The van der Waals surface area contributed by atoms with Crippen molar-refractivity contribution in [2.24, 2.45) is 0 Å². The number of rotatable bonds is 6. The zero-order valence-corrected chi connectivity index (χ0v) is 11.4. The molecule has 0 amide bonds. The predicted molar refractivity (Wildman–Crippen MR) is 69.3 cm³/mol. The highest BCUT2D eigenvalue weighted by Gasteiger charge is 2.45. The third-order valence-corrected chi connectivity index (χ3v) is 5.08. The van der Waals surface area contributed by atoms with E-state index < -0.39 is 0 Å². The fourth-order valence-corrected chi connectivity index (χ4v) is 3.42. The number of likely N-dealkylation sites (N-methyl/N-ethyl adjacent to an activating group) is 1. The summed E-state index contributed by atoms with van der Waals surface area (Å²) in [7, 11) is 2.45. The molecule has 2 bridgehead atoms. The number of hydrogen-bond donors (Lipinski definition) is 0. The lowest BCUT2D eigenvalue weighted by molar-refractivity contribution is -1.07. The van der Waals surface area contributed by atoms with E-state index in [1.54, 1.807) is 0 Å². The van der Waals surface area contributed by atoms with Gasteiger partial charge < -0.3 is 8.97 Å². The van der Waals surface area contributed by atoms with Crippen LogP contribution in [0.3, 0.4) is 0 Å². The fourth-order valence-electron chi connectivity index (χ4n) is 3.42. The van der Waals surface area contributed by atoms with E-state index in [1.807, 2.05) is 0 Å². The molecule has 3 aliphatic rings. The molecule has 16 heavy (non-hydrogen) atoms. The summed E-state index contributed by atoms with van der Waals surface area (Å²) in [6.07, 6.45) is 7.22. The molecule has 0 saturated carbocycles. The van der Waals surface area contributed by atoms with Crippen LogP contribution in [0.25, 0.3) is 0 Å². The summed E-state index contributed by atoms with van der Waals surface area (Å²) in [6.45, 7) is 12.5. The molecule has 0 spiro atoms. The summed E-state index contributed by atoms with van der Waals surface area (Å²) in [5.74, 6) is 0. The minimum atomic E-state index is 1.37. The van der Waals surface area contributed by atoms with Gasteiger partial charge in [-0.3, -0.25) is 0 Å². The van der Waals surface area contributed by atoms with Gasteiger partial charge in [0.05, 0.1) is 13.6 Å². The Morgan fingerprint density at radius 1 is 0.750 bits per heavy atom. The molecule has 3 saturated heterocycles. The molecule has 3 aliphatic heterocycles. The zero-order chi connectivity index (χ0) is 11.5. The van der Waals surface area contributed by atoms with Crippen molar-refractivity contribution in [1.82, 2.24) is 0 Å². The molecule has 0 unspecified atom stereocenters. The third kappa shape index (κ3) is 2.78. The summed E-state index contributed by atoms with van der Waals surface area (Å²) >= 11 is 0. The summed E-state index contributed by atoms with van der Waals surface area (Å²) in [5.41, 5.74) is 0. The highest BCUT2D eigenvalue weighted by Crippen LogP contribution is 2.25. The van der Waals surface area contributed by atoms with Crippen molar-refractivity contribution in [3.05, 3.63) is 0 Å². The highest BCUT2D eigenvalue weighted by atomic mass is 15.5. The Bertz CT molecular complexity index is 200. The van der Waals surface area contributed by atoms with Gasteiger partial charge in [-0.15, -0.1) is 0 Å². The molecule has 3 fully saturated rings. The molecule has 0 radical (unpaired) electrons. The Balaban J connectivity index is 1.69. The lowest BCUT2D eigenvalue weighted by Gasteiger charge is -2.54. The van der Waals surface area contributed by atoms with E-state index >= 15 is 0 Å². The van der Waals surface area contributed by atoms with Crippen LogP contribution in [-0.2, 0) is 0 Å². The van der Waals surface area contributed by atoms with Crippen LogP contribution in [0.5, 0.6) is 0 Å². The standard InChI is InChI=1S/C14H30N2/c1-3-4-5-6-7-8-16-12-9-15(2,10-13-16)11-14-16/h3-14H2,1-2H3/q+2. The predicted octanol–water partition coefficient (Wildman–Crippen LogP) is 2.25. The average Bonchev–Trinajstić information content (AvgIpc) is 2.31. The van der Waals surface area contributed by atoms with Crippen LogP contribution < -0.4 is 0 Å². The number of fused-ring (bicyclic) bond motifs is 3. The molecule has 3 rings (SSSR count). The van der Waals surface area contributed by atoms with Crippen molar-refractivity contribution in [2.45, 2.75) is 39.0 Å². The van der Waals surface area contributed by atoms with E-state index in [4.69, 9.17) is 0 Å². The molecule has 0 aromatic rings. The number of hydrogen-bond acceptors (Lipinski definition) is 0. The third-order valence-electron chi connectivity index (χ3n) is 5.08. The van der Waals surface area contributed by atoms with Crippen molar-refractivity contribution in [3.8, 4) is 0 Å². The minimum absolute atomic E-state index is 1.37. The van der Waals surface area contributed by atoms with Gasteiger partial charge in [-0.25, -0.2) is 0 Å². The van der Waals surface area contributed by atoms with Crippen LogP contribution >= 0.6 is 0 Å². The zero-order valence-electron chi connectivity index (χ0n) is 11.4.